The van der Waals surface area contributed by atoms with Gasteiger partial charge < -0.3 is 20.1 Å². The summed E-state index contributed by atoms with van der Waals surface area (Å²) in [5, 5.41) is 5.70. The predicted molar refractivity (Wildman–Crippen MR) is 97.7 cm³/mol. The van der Waals surface area contributed by atoms with E-state index in [2.05, 4.69) is 10.6 Å². The Balaban J connectivity index is 1.32. The van der Waals surface area contributed by atoms with Gasteiger partial charge >= 0.3 is 6.03 Å². The standard InChI is InChI=1S/C20H30N2O3/c23-20(21-11-12-24-15-16-9-10-16)22-14-17-5-4-8-19(13-17)25-18-6-2-1-3-7-18/h4-5,8,13,16,18H,1-3,6-7,9-12,14-15H2,(H2,21,22,23). The van der Waals surface area contributed by atoms with Crippen LogP contribution in [0.1, 0.15) is 50.5 Å². The summed E-state index contributed by atoms with van der Waals surface area (Å²) in [6, 6.07) is 7.85. The Kier molecular flexibility index (Phi) is 6.98. The number of ether oxygens (including phenoxy) is 2. The van der Waals surface area contributed by atoms with E-state index in [9.17, 15) is 4.79 Å². The zero-order valence-electron chi connectivity index (χ0n) is 15.0. The van der Waals surface area contributed by atoms with Gasteiger partial charge in [-0.3, -0.25) is 0 Å². The van der Waals surface area contributed by atoms with Gasteiger partial charge in [-0.15, -0.1) is 0 Å². The minimum absolute atomic E-state index is 0.159. The van der Waals surface area contributed by atoms with Crippen molar-refractivity contribution in [2.45, 2.75) is 57.6 Å². The lowest BCUT2D eigenvalue weighted by Gasteiger charge is -2.23. The van der Waals surface area contributed by atoms with E-state index in [1.54, 1.807) is 0 Å². The Morgan fingerprint density at radius 2 is 1.92 bits per heavy atom. The van der Waals surface area contributed by atoms with Crippen molar-refractivity contribution in [3.05, 3.63) is 29.8 Å². The summed E-state index contributed by atoms with van der Waals surface area (Å²) in [5.41, 5.74) is 1.05. The molecule has 0 aromatic heterocycles. The minimum atomic E-state index is -0.159. The number of hydrogen-bond donors (Lipinski definition) is 2. The number of amides is 2. The second-order valence-corrected chi connectivity index (χ2v) is 7.15. The van der Waals surface area contributed by atoms with Gasteiger partial charge in [-0.1, -0.05) is 18.6 Å². The molecule has 0 radical (unpaired) electrons. The van der Waals surface area contributed by atoms with Gasteiger partial charge in [0.2, 0.25) is 0 Å². The maximum Gasteiger partial charge on any atom is 0.315 e. The summed E-state index contributed by atoms with van der Waals surface area (Å²) in [6.07, 6.45) is 9.06. The molecule has 2 aliphatic carbocycles. The number of carbonyl (C=O) groups is 1. The van der Waals surface area contributed by atoms with Crippen LogP contribution in [0, 0.1) is 5.92 Å². The zero-order chi connectivity index (χ0) is 17.3. The van der Waals surface area contributed by atoms with Crippen molar-refractivity contribution in [3.63, 3.8) is 0 Å². The summed E-state index contributed by atoms with van der Waals surface area (Å²) in [5.74, 6) is 1.66. The van der Waals surface area contributed by atoms with Gasteiger partial charge in [0, 0.05) is 19.7 Å². The second-order valence-electron chi connectivity index (χ2n) is 7.15. The van der Waals surface area contributed by atoms with Gasteiger partial charge in [-0.2, -0.15) is 0 Å². The third-order valence-electron chi connectivity index (χ3n) is 4.79. The van der Waals surface area contributed by atoms with Crippen LogP contribution in [0.2, 0.25) is 0 Å². The molecule has 2 N–H and O–H groups in total. The molecule has 2 saturated carbocycles. The molecule has 1 aromatic rings. The molecule has 1 aromatic carbocycles. The summed E-state index contributed by atoms with van der Waals surface area (Å²) in [4.78, 5) is 11.8. The molecule has 2 aliphatic rings. The Hall–Kier alpha value is -1.75. The average molecular weight is 346 g/mol. The number of hydrogen-bond acceptors (Lipinski definition) is 3. The Bertz CT molecular complexity index is 539. The first-order chi connectivity index (χ1) is 12.3. The monoisotopic (exact) mass is 346 g/mol. The third-order valence-corrected chi connectivity index (χ3v) is 4.79. The van der Waals surface area contributed by atoms with E-state index in [4.69, 9.17) is 9.47 Å². The van der Waals surface area contributed by atoms with E-state index < -0.39 is 0 Å². The molecule has 25 heavy (non-hydrogen) atoms. The molecule has 0 bridgehead atoms. The van der Waals surface area contributed by atoms with Crippen molar-refractivity contribution in [1.82, 2.24) is 10.6 Å². The number of carbonyl (C=O) groups excluding carboxylic acids is 1. The van der Waals surface area contributed by atoms with Crippen LogP contribution in [0.25, 0.3) is 0 Å². The lowest BCUT2D eigenvalue weighted by atomic mass is 9.98. The average Bonchev–Trinajstić information content (AvgIpc) is 3.45. The van der Waals surface area contributed by atoms with Crippen LogP contribution >= 0.6 is 0 Å². The number of benzene rings is 1. The molecule has 3 rings (SSSR count). The molecular formula is C20H30N2O3. The predicted octanol–water partition coefficient (Wildman–Crippen LogP) is 3.62. The highest BCUT2D eigenvalue weighted by Crippen LogP contribution is 2.28. The summed E-state index contributed by atoms with van der Waals surface area (Å²) in [6.45, 7) is 2.45. The molecule has 0 spiro atoms. The minimum Gasteiger partial charge on any atom is -0.490 e. The Morgan fingerprint density at radius 3 is 2.72 bits per heavy atom. The zero-order valence-corrected chi connectivity index (χ0v) is 15.0. The summed E-state index contributed by atoms with van der Waals surface area (Å²) in [7, 11) is 0. The van der Waals surface area contributed by atoms with E-state index in [0.29, 0.717) is 25.8 Å². The van der Waals surface area contributed by atoms with Crippen molar-refractivity contribution >= 4 is 6.03 Å². The number of urea groups is 1. The fourth-order valence-electron chi connectivity index (χ4n) is 3.12. The maximum atomic E-state index is 11.8. The maximum absolute atomic E-state index is 11.8. The van der Waals surface area contributed by atoms with Crippen LogP contribution in [-0.2, 0) is 11.3 Å². The smallest absolute Gasteiger partial charge is 0.315 e. The van der Waals surface area contributed by atoms with E-state index in [-0.39, 0.29) is 6.03 Å². The van der Waals surface area contributed by atoms with E-state index in [1.807, 2.05) is 24.3 Å². The Morgan fingerprint density at radius 1 is 1.08 bits per heavy atom. The normalized spacial score (nSPS) is 17.9. The van der Waals surface area contributed by atoms with Crippen LogP contribution in [-0.4, -0.2) is 31.9 Å². The van der Waals surface area contributed by atoms with Crippen LogP contribution in [0.5, 0.6) is 5.75 Å². The lowest BCUT2D eigenvalue weighted by Crippen LogP contribution is -2.37. The van der Waals surface area contributed by atoms with Gasteiger partial charge in [0.15, 0.2) is 0 Å². The van der Waals surface area contributed by atoms with Gasteiger partial charge in [-0.05, 0) is 62.1 Å². The van der Waals surface area contributed by atoms with Crippen LogP contribution < -0.4 is 15.4 Å². The summed E-state index contributed by atoms with van der Waals surface area (Å²) < 4.78 is 11.6. The SMILES string of the molecule is O=C(NCCOCC1CC1)NCc1cccc(OC2CCCCC2)c1. The Labute approximate surface area is 150 Å². The lowest BCUT2D eigenvalue weighted by molar-refractivity contribution is 0.127. The fourth-order valence-corrected chi connectivity index (χ4v) is 3.12. The van der Waals surface area contributed by atoms with E-state index >= 15 is 0 Å². The molecule has 5 nitrogen and oxygen atoms in total. The van der Waals surface area contributed by atoms with Gasteiger partial charge in [-0.25, -0.2) is 4.79 Å². The van der Waals surface area contributed by atoms with E-state index in [0.717, 1.165) is 36.7 Å². The van der Waals surface area contributed by atoms with Crippen LogP contribution in [0.3, 0.4) is 0 Å². The van der Waals surface area contributed by atoms with Gasteiger partial charge in [0.25, 0.3) is 0 Å². The fraction of sp³-hybridized carbons (Fsp3) is 0.650. The molecular weight excluding hydrogens is 316 g/mol. The van der Waals surface area contributed by atoms with E-state index in [1.165, 1.54) is 32.1 Å². The molecule has 5 heteroatoms. The second kappa shape index (κ2) is 9.66. The molecule has 138 valence electrons. The number of nitrogens with one attached hydrogen (secondary N) is 2. The molecule has 0 heterocycles. The summed E-state index contributed by atoms with van der Waals surface area (Å²) >= 11 is 0. The topological polar surface area (TPSA) is 59.6 Å². The van der Waals surface area contributed by atoms with Gasteiger partial charge in [0.05, 0.1) is 12.7 Å². The van der Waals surface area contributed by atoms with Crippen molar-refractivity contribution in [2.24, 2.45) is 5.92 Å². The molecule has 2 amide bonds. The van der Waals surface area contributed by atoms with Crippen LogP contribution in [0.4, 0.5) is 4.79 Å². The van der Waals surface area contributed by atoms with Crippen molar-refractivity contribution < 1.29 is 14.3 Å². The first-order valence-corrected chi connectivity index (χ1v) is 9.64. The third kappa shape index (κ3) is 6.94. The van der Waals surface area contributed by atoms with Crippen LogP contribution in [0.15, 0.2) is 24.3 Å². The highest BCUT2D eigenvalue weighted by molar-refractivity contribution is 5.73. The molecule has 0 atom stereocenters. The first kappa shape index (κ1) is 18.1. The number of rotatable bonds is 9. The molecule has 0 saturated heterocycles. The van der Waals surface area contributed by atoms with Crippen molar-refractivity contribution in [3.8, 4) is 5.75 Å². The quantitative estimate of drug-likeness (QED) is 0.671. The van der Waals surface area contributed by atoms with Crippen molar-refractivity contribution in [2.75, 3.05) is 19.8 Å². The molecule has 2 fully saturated rings. The highest BCUT2D eigenvalue weighted by atomic mass is 16.5. The van der Waals surface area contributed by atoms with Gasteiger partial charge in [0.1, 0.15) is 5.75 Å². The van der Waals surface area contributed by atoms with Crippen molar-refractivity contribution in [1.29, 1.82) is 0 Å². The largest absolute Gasteiger partial charge is 0.490 e. The first-order valence-electron chi connectivity index (χ1n) is 9.64. The molecule has 0 aliphatic heterocycles. The highest BCUT2D eigenvalue weighted by Gasteiger charge is 2.20. The molecule has 0 unspecified atom stereocenters.